The minimum absolute atomic E-state index is 0.390. The third-order valence-electron chi connectivity index (χ3n) is 9.30. The summed E-state index contributed by atoms with van der Waals surface area (Å²) in [6, 6.07) is 34.6. The molecule has 1 aliphatic heterocycles. The van der Waals surface area contributed by atoms with Gasteiger partial charge >= 0.3 is 7.12 Å². The molecule has 42 heavy (non-hydrogen) atoms. The lowest BCUT2D eigenvalue weighted by molar-refractivity contribution is 0.00578. The van der Waals surface area contributed by atoms with E-state index in [1.807, 2.05) is 0 Å². The number of aromatic nitrogens is 1. The molecule has 4 nitrogen and oxygen atoms in total. The maximum atomic E-state index is 6.41. The highest BCUT2D eigenvalue weighted by molar-refractivity contribution is 6.62. The summed E-state index contributed by atoms with van der Waals surface area (Å²) in [4.78, 5) is 0. The van der Waals surface area contributed by atoms with E-state index in [-0.39, 0.29) is 11.2 Å². The second-order valence-corrected chi connectivity index (χ2v) is 12.5. The molecular formula is C37H32BNO3. The molecule has 1 aromatic heterocycles. The molecule has 0 bridgehead atoms. The first kappa shape index (κ1) is 25.4. The van der Waals surface area contributed by atoms with Crippen LogP contribution in [0.25, 0.3) is 50.4 Å². The molecule has 2 aliphatic rings. The Bertz CT molecular complexity index is 2040. The van der Waals surface area contributed by atoms with E-state index in [2.05, 4.69) is 141 Å². The average molecular weight is 549 g/mol. The number of hydrogen-bond donors (Lipinski definition) is 0. The van der Waals surface area contributed by atoms with Crippen LogP contribution in [-0.4, -0.2) is 22.9 Å². The first-order chi connectivity index (χ1) is 20.3. The molecule has 0 spiro atoms. The van der Waals surface area contributed by atoms with E-state index in [0.29, 0.717) is 6.61 Å². The summed E-state index contributed by atoms with van der Waals surface area (Å²) in [5, 5.41) is 4.82. The van der Waals surface area contributed by atoms with Crippen molar-refractivity contribution in [1.29, 1.82) is 0 Å². The quantitative estimate of drug-likeness (QED) is 0.203. The molecule has 2 heterocycles. The van der Waals surface area contributed by atoms with Crippen LogP contribution in [-0.2, 0) is 15.9 Å². The monoisotopic (exact) mass is 549 g/mol. The Morgan fingerprint density at radius 2 is 1.45 bits per heavy atom. The molecule has 0 unspecified atom stereocenters. The van der Waals surface area contributed by atoms with Crippen LogP contribution >= 0.6 is 0 Å². The van der Waals surface area contributed by atoms with E-state index in [0.717, 1.165) is 22.4 Å². The van der Waals surface area contributed by atoms with Crippen molar-refractivity contribution >= 4 is 57.3 Å². The van der Waals surface area contributed by atoms with Crippen molar-refractivity contribution in [3.8, 4) is 11.4 Å². The lowest BCUT2D eigenvalue weighted by Crippen LogP contribution is -2.41. The summed E-state index contributed by atoms with van der Waals surface area (Å²) >= 11 is 0. The summed E-state index contributed by atoms with van der Waals surface area (Å²) < 4.78 is 21.4. The van der Waals surface area contributed by atoms with Crippen LogP contribution in [0.4, 0.5) is 0 Å². The lowest BCUT2D eigenvalue weighted by atomic mass is 9.78. The molecular weight excluding hydrogens is 517 g/mol. The second kappa shape index (κ2) is 9.09. The number of nitrogens with zero attached hydrogens (tertiary/aromatic N) is 1. The molecule has 8 rings (SSSR count). The van der Waals surface area contributed by atoms with E-state index >= 15 is 0 Å². The van der Waals surface area contributed by atoms with Gasteiger partial charge in [0, 0.05) is 21.8 Å². The first-order valence-electron chi connectivity index (χ1n) is 14.6. The van der Waals surface area contributed by atoms with Crippen LogP contribution in [0.5, 0.6) is 5.75 Å². The minimum Gasteiger partial charge on any atom is -0.489 e. The maximum Gasteiger partial charge on any atom is 0.494 e. The molecule has 0 atom stereocenters. The van der Waals surface area contributed by atoms with E-state index < -0.39 is 7.12 Å². The fourth-order valence-corrected chi connectivity index (χ4v) is 6.14. The number of fused-ring (bicyclic) bond motifs is 6. The van der Waals surface area contributed by atoms with Gasteiger partial charge in [-0.3, -0.25) is 0 Å². The van der Waals surface area contributed by atoms with Gasteiger partial charge in [-0.25, -0.2) is 0 Å². The van der Waals surface area contributed by atoms with E-state index in [9.17, 15) is 0 Å². The zero-order chi connectivity index (χ0) is 28.6. The predicted molar refractivity (Wildman–Crippen MR) is 174 cm³/mol. The Hall–Kier alpha value is -4.32. The highest BCUT2D eigenvalue weighted by Crippen LogP contribution is 2.39. The van der Waals surface area contributed by atoms with Crippen LogP contribution < -0.4 is 10.2 Å². The molecule has 0 radical (unpaired) electrons. The number of hydrogen-bond acceptors (Lipinski definition) is 3. The third kappa shape index (κ3) is 3.92. The van der Waals surface area contributed by atoms with Gasteiger partial charge in [-0.05, 0) is 91.6 Å². The van der Waals surface area contributed by atoms with Crippen molar-refractivity contribution in [2.24, 2.45) is 0 Å². The van der Waals surface area contributed by atoms with Crippen molar-refractivity contribution in [3.05, 3.63) is 114 Å². The Morgan fingerprint density at radius 3 is 2.19 bits per heavy atom. The second-order valence-electron chi connectivity index (χ2n) is 12.5. The molecule has 5 aromatic carbocycles. The summed E-state index contributed by atoms with van der Waals surface area (Å²) in [6.07, 6.45) is 4.27. The van der Waals surface area contributed by atoms with E-state index in [4.69, 9.17) is 14.0 Å². The van der Waals surface area contributed by atoms with Gasteiger partial charge in [0.25, 0.3) is 0 Å². The summed E-state index contributed by atoms with van der Waals surface area (Å²) in [5.41, 5.74) is 7.43. The van der Waals surface area contributed by atoms with Gasteiger partial charge in [0.15, 0.2) is 0 Å². The van der Waals surface area contributed by atoms with Crippen LogP contribution in [0.15, 0.2) is 97.1 Å². The molecule has 1 fully saturated rings. The van der Waals surface area contributed by atoms with E-state index in [1.54, 1.807) is 0 Å². The fourth-order valence-electron chi connectivity index (χ4n) is 6.14. The van der Waals surface area contributed by atoms with Gasteiger partial charge in [-0.15, -0.1) is 0 Å². The van der Waals surface area contributed by atoms with Gasteiger partial charge in [0.1, 0.15) is 12.4 Å². The lowest BCUT2D eigenvalue weighted by Gasteiger charge is -2.32. The SMILES string of the molecule is CC1(C)OB(c2ccc3c(c2)c2ccc4ccccc4c2n3-c2ccc(OCc3ccc4c(c3)C=C4)cc2)OC1(C)C. The highest BCUT2D eigenvalue weighted by Gasteiger charge is 2.51. The van der Waals surface area contributed by atoms with Gasteiger partial charge in [0.2, 0.25) is 0 Å². The molecule has 0 N–H and O–H groups in total. The fraction of sp³-hybridized carbons (Fsp3) is 0.189. The van der Waals surface area contributed by atoms with Crippen LogP contribution in [0.2, 0.25) is 0 Å². The molecule has 0 saturated carbocycles. The van der Waals surface area contributed by atoms with Crippen molar-refractivity contribution in [2.75, 3.05) is 0 Å². The topological polar surface area (TPSA) is 32.6 Å². The van der Waals surface area contributed by atoms with Crippen molar-refractivity contribution in [3.63, 3.8) is 0 Å². The molecule has 6 aromatic rings. The molecule has 0 amide bonds. The molecule has 1 aliphatic carbocycles. The molecule has 5 heteroatoms. The zero-order valence-electron chi connectivity index (χ0n) is 24.3. The number of benzene rings is 5. The standard InChI is InChI=1S/C37H32BNO3/c1-36(2)37(3,4)42-38(41-36)28-14-20-34-33(22-28)32-19-13-26-7-5-6-8-31(26)35(32)39(34)29-15-17-30(18-16-29)40-23-24-9-10-25-11-12-27(25)21-24/h5-22H,23H2,1-4H3. The summed E-state index contributed by atoms with van der Waals surface area (Å²) in [5.74, 6) is 0.852. The maximum absolute atomic E-state index is 6.41. The van der Waals surface area contributed by atoms with E-state index in [1.165, 1.54) is 43.8 Å². The van der Waals surface area contributed by atoms with Crippen molar-refractivity contribution in [1.82, 2.24) is 4.57 Å². The van der Waals surface area contributed by atoms with Crippen molar-refractivity contribution < 1.29 is 14.0 Å². The Morgan fingerprint density at radius 1 is 0.690 bits per heavy atom. The Labute approximate surface area is 246 Å². The van der Waals surface area contributed by atoms with Crippen LogP contribution in [0, 0.1) is 0 Å². The Balaban J connectivity index is 1.21. The van der Waals surface area contributed by atoms with Gasteiger partial charge in [-0.1, -0.05) is 72.8 Å². The first-order valence-corrected chi connectivity index (χ1v) is 14.6. The highest BCUT2D eigenvalue weighted by atomic mass is 16.7. The normalized spacial score (nSPS) is 16.7. The third-order valence-corrected chi connectivity index (χ3v) is 9.30. The van der Waals surface area contributed by atoms with Crippen molar-refractivity contribution in [2.45, 2.75) is 45.5 Å². The van der Waals surface area contributed by atoms with Gasteiger partial charge in [0.05, 0.1) is 22.2 Å². The minimum atomic E-state index is -0.410. The summed E-state index contributed by atoms with van der Waals surface area (Å²) in [6.45, 7) is 8.93. The van der Waals surface area contributed by atoms with Gasteiger partial charge in [-0.2, -0.15) is 0 Å². The smallest absolute Gasteiger partial charge is 0.489 e. The predicted octanol–water partition coefficient (Wildman–Crippen LogP) is 8.30. The number of rotatable bonds is 5. The molecule has 1 saturated heterocycles. The summed E-state index contributed by atoms with van der Waals surface area (Å²) in [7, 11) is -0.410. The largest absolute Gasteiger partial charge is 0.494 e. The molecule has 206 valence electrons. The van der Waals surface area contributed by atoms with Crippen LogP contribution in [0.3, 0.4) is 0 Å². The average Bonchev–Trinajstić information content (AvgIpc) is 3.42. The number of ether oxygens (including phenoxy) is 1. The Kier molecular flexibility index (Phi) is 5.50. The zero-order valence-corrected chi connectivity index (χ0v) is 24.3. The van der Waals surface area contributed by atoms with Gasteiger partial charge < -0.3 is 18.6 Å². The van der Waals surface area contributed by atoms with Crippen LogP contribution in [0.1, 0.15) is 44.4 Å².